The average molecular weight is 601 g/mol. The van der Waals surface area contributed by atoms with Crippen LogP contribution >= 0.6 is 11.3 Å². The van der Waals surface area contributed by atoms with E-state index in [2.05, 4.69) is 10.3 Å². The third-order valence-electron chi connectivity index (χ3n) is 7.10. The van der Waals surface area contributed by atoms with Gasteiger partial charge in [0.1, 0.15) is 5.75 Å². The van der Waals surface area contributed by atoms with Crippen LogP contribution in [0.15, 0.2) is 53.6 Å². The predicted molar refractivity (Wildman–Crippen MR) is 153 cm³/mol. The van der Waals surface area contributed by atoms with Crippen LogP contribution in [0.3, 0.4) is 0 Å². The summed E-state index contributed by atoms with van der Waals surface area (Å²) in [5.41, 5.74) is 0.765. The van der Waals surface area contributed by atoms with Gasteiger partial charge in [0.15, 0.2) is 15.0 Å². The first-order valence-electron chi connectivity index (χ1n) is 13.1. The fourth-order valence-corrected chi connectivity index (χ4v) is 6.25. The summed E-state index contributed by atoms with van der Waals surface area (Å²) in [6, 6.07) is 10.7. The van der Waals surface area contributed by atoms with Gasteiger partial charge in [0.2, 0.25) is 11.0 Å². The number of aromatic nitrogens is 1. The van der Waals surface area contributed by atoms with Crippen LogP contribution in [0, 0.1) is 5.92 Å². The number of rotatable bonds is 11. The molecule has 1 aliphatic rings. The van der Waals surface area contributed by atoms with E-state index in [0.29, 0.717) is 22.5 Å². The number of amides is 1. The Labute approximate surface area is 243 Å². The molecule has 1 heterocycles. The summed E-state index contributed by atoms with van der Waals surface area (Å²) in [5.74, 6) is -1.28. The number of anilines is 1. The molecule has 218 valence electrons. The largest absolute Gasteiger partial charge is 0.465 e. The standard InChI is InChI=1S/C29H32N2O8S2/c1-37-27(33)23-15-11-20(16-24(23)28(34)38-2)39-25-17-30-29(40-25)31-26(32)22(14-8-18-6-4-5-7-18)19-9-12-21(13-10-19)41(3,35)36/h9-13,15-18,22H,4-8,14H2,1-3H3,(H,30,31,32)/t22-/m1/s1. The zero-order valence-electron chi connectivity index (χ0n) is 23.0. The molecule has 12 heteroatoms. The molecule has 1 aromatic heterocycles. The van der Waals surface area contributed by atoms with Gasteiger partial charge in [-0.15, -0.1) is 0 Å². The van der Waals surface area contributed by atoms with Gasteiger partial charge in [-0.25, -0.2) is 23.0 Å². The lowest BCUT2D eigenvalue weighted by molar-refractivity contribution is -0.117. The lowest BCUT2D eigenvalue weighted by Gasteiger charge is -2.19. The first kappa shape index (κ1) is 30.2. The maximum absolute atomic E-state index is 13.5. The number of carbonyl (C=O) groups excluding carboxylic acids is 3. The van der Waals surface area contributed by atoms with Crippen LogP contribution in [0.5, 0.6) is 10.8 Å². The molecule has 0 unspecified atom stereocenters. The monoisotopic (exact) mass is 600 g/mol. The third kappa shape index (κ3) is 7.70. The molecule has 0 saturated heterocycles. The van der Waals surface area contributed by atoms with Crippen LogP contribution in [-0.2, 0) is 24.1 Å². The van der Waals surface area contributed by atoms with Crippen molar-refractivity contribution >= 4 is 44.2 Å². The number of benzene rings is 2. The third-order valence-corrected chi connectivity index (χ3v) is 9.02. The summed E-state index contributed by atoms with van der Waals surface area (Å²) in [6.45, 7) is 0. The van der Waals surface area contributed by atoms with E-state index >= 15 is 0 Å². The summed E-state index contributed by atoms with van der Waals surface area (Å²) in [6.07, 6.45) is 8.87. The summed E-state index contributed by atoms with van der Waals surface area (Å²) < 4.78 is 39.1. The van der Waals surface area contributed by atoms with Crippen LogP contribution in [0.25, 0.3) is 0 Å². The quantitative estimate of drug-likeness (QED) is 0.279. The lowest BCUT2D eigenvalue weighted by atomic mass is 9.89. The Balaban J connectivity index is 1.49. The van der Waals surface area contributed by atoms with Gasteiger partial charge in [-0.1, -0.05) is 49.2 Å². The molecule has 3 aromatic rings. The molecule has 1 aliphatic carbocycles. The van der Waals surface area contributed by atoms with Gasteiger partial charge in [-0.05, 0) is 54.7 Å². The highest BCUT2D eigenvalue weighted by atomic mass is 32.2. The van der Waals surface area contributed by atoms with Crippen molar-refractivity contribution in [2.75, 3.05) is 25.8 Å². The minimum Gasteiger partial charge on any atom is -0.465 e. The first-order chi connectivity index (χ1) is 19.6. The van der Waals surface area contributed by atoms with E-state index in [0.717, 1.165) is 42.4 Å². The molecule has 2 aromatic carbocycles. The Bertz CT molecular complexity index is 1510. The topological polar surface area (TPSA) is 138 Å². The Morgan fingerprint density at radius 2 is 1.66 bits per heavy atom. The van der Waals surface area contributed by atoms with Crippen LogP contribution < -0.4 is 10.1 Å². The molecule has 10 nitrogen and oxygen atoms in total. The zero-order chi connectivity index (χ0) is 29.6. The molecule has 0 spiro atoms. The highest BCUT2D eigenvalue weighted by Crippen LogP contribution is 2.35. The van der Waals surface area contributed by atoms with Gasteiger partial charge in [0.25, 0.3) is 0 Å². The number of sulfone groups is 1. The molecular weight excluding hydrogens is 568 g/mol. The molecule has 1 amide bonds. The van der Waals surface area contributed by atoms with Gasteiger partial charge in [0.05, 0.1) is 42.4 Å². The van der Waals surface area contributed by atoms with Gasteiger partial charge >= 0.3 is 11.9 Å². The van der Waals surface area contributed by atoms with Crippen molar-refractivity contribution in [1.82, 2.24) is 4.98 Å². The number of ether oxygens (including phenoxy) is 3. The lowest BCUT2D eigenvalue weighted by Crippen LogP contribution is -2.22. The summed E-state index contributed by atoms with van der Waals surface area (Å²) >= 11 is 1.10. The van der Waals surface area contributed by atoms with Crippen LogP contribution in [-0.4, -0.2) is 51.7 Å². The van der Waals surface area contributed by atoms with E-state index in [1.165, 1.54) is 63.6 Å². The number of nitrogens with zero attached hydrogens (tertiary/aromatic N) is 1. The number of hydrogen-bond donors (Lipinski definition) is 1. The molecule has 4 rings (SSSR count). The van der Waals surface area contributed by atoms with E-state index in [1.54, 1.807) is 12.1 Å². The summed E-state index contributed by atoms with van der Waals surface area (Å²) in [5, 5.41) is 3.54. The van der Waals surface area contributed by atoms with E-state index in [1.807, 2.05) is 0 Å². The highest BCUT2D eigenvalue weighted by molar-refractivity contribution is 7.90. The number of nitrogens with one attached hydrogen (secondary N) is 1. The van der Waals surface area contributed by atoms with Gasteiger partial charge < -0.3 is 19.5 Å². The van der Waals surface area contributed by atoms with Gasteiger partial charge in [-0.2, -0.15) is 0 Å². The summed E-state index contributed by atoms with van der Waals surface area (Å²) in [4.78, 5) is 42.1. The van der Waals surface area contributed by atoms with Gasteiger partial charge in [-0.3, -0.25) is 4.79 Å². The van der Waals surface area contributed by atoms with E-state index in [9.17, 15) is 22.8 Å². The van der Waals surface area contributed by atoms with E-state index in [-0.39, 0.29) is 27.7 Å². The molecule has 0 bridgehead atoms. The van der Waals surface area contributed by atoms with Crippen LogP contribution in [0.2, 0.25) is 0 Å². The van der Waals surface area contributed by atoms with Crippen molar-refractivity contribution in [3.8, 4) is 10.8 Å². The Hall–Kier alpha value is -3.77. The Morgan fingerprint density at radius 3 is 2.29 bits per heavy atom. The Kier molecular flexibility index (Phi) is 9.77. The second-order valence-corrected chi connectivity index (χ2v) is 12.9. The van der Waals surface area contributed by atoms with E-state index in [4.69, 9.17) is 14.2 Å². The number of esters is 2. The molecule has 41 heavy (non-hydrogen) atoms. The SMILES string of the molecule is COC(=O)c1ccc(Oc2cnc(NC(=O)[C@H](CCC3CCCC3)c3ccc(S(C)(=O)=O)cc3)s2)cc1C(=O)OC. The molecule has 1 fully saturated rings. The number of thiazole rings is 1. The van der Waals surface area contributed by atoms with Crippen molar-refractivity contribution in [1.29, 1.82) is 0 Å². The fraction of sp³-hybridized carbons (Fsp3) is 0.379. The second kappa shape index (κ2) is 13.3. The first-order valence-corrected chi connectivity index (χ1v) is 15.8. The number of hydrogen-bond acceptors (Lipinski definition) is 10. The number of carbonyl (C=O) groups is 3. The summed E-state index contributed by atoms with van der Waals surface area (Å²) in [7, 11) is -0.933. The van der Waals surface area contributed by atoms with Gasteiger partial charge in [0, 0.05) is 6.26 Å². The normalized spacial score (nSPS) is 14.3. The predicted octanol–water partition coefficient (Wildman–Crippen LogP) is 5.60. The van der Waals surface area contributed by atoms with E-state index < -0.39 is 27.7 Å². The van der Waals surface area contributed by atoms with Crippen molar-refractivity contribution in [2.24, 2.45) is 5.92 Å². The van der Waals surface area contributed by atoms with Crippen molar-refractivity contribution in [3.63, 3.8) is 0 Å². The second-order valence-electron chi connectivity index (χ2n) is 9.89. The molecule has 1 atom stereocenters. The highest BCUT2D eigenvalue weighted by Gasteiger charge is 2.25. The number of methoxy groups -OCH3 is 2. The minimum absolute atomic E-state index is 0.0121. The average Bonchev–Trinajstić information content (AvgIpc) is 3.64. The maximum Gasteiger partial charge on any atom is 0.338 e. The zero-order valence-corrected chi connectivity index (χ0v) is 24.7. The smallest absolute Gasteiger partial charge is 0.338 e. The molecular formula is C29H32N2O8S2. The molecule has 0 aliphatic heterocycles. The van der Waals surface area contributed by atoms with Crippen molar-refractivity contribution in [2.45, 2.75) is 49.3 Å². The van der Waals surface area contributed by atoms with Crippen LogP contribution in [0.4, 0.5) is 5.13 Å². The van der Waals surface area contributed by atoms with Crippen molar-refractivity contribution < 1.29 is 37.0 Å². The maximum atomic E-state index is 13.5. The Morgan fingerprint density at radius 1 is 1.00 bits per heavy atom. The molecule has 0 radical (unpaired) electrons. The molecule has 1 N–H and O–H groups in total. The van der Waals surface area contributed by atoms with Crippen LogP contribution in [0.1, 0.15) is 70.7 Å². The molecule has 1 saturated carbocycles. The fourth-order valence-electron chi connectivity index (χ4n) is 4.92. The minimum atomic E-state index is -3.35. The van der Waals surface area contributed by atoms with Crippen molar-refractivity contribution in [3.05, 3.63) is 65.4 Å².